The van der Waals surface area contributed by atoms with E-state index in [1.54, 1.807) is 10.9 Å². The third kappa shape index (κ3) is 3.06. The van der Waals surface area contributed by atoms with E-state index in [0.29, 0.717) is 11.7 Å². The molecular weight excluding hydrogens is 286 g/mol. The molecule has 1 aromatic carbocycles. The molecule has 0 saturated carbocycles. The Balaban J connectivity index is 1.93. The van der Waals surface area contributed by atoms with Crippen molar-refractivity contribution in [2.45, 2.75) is 26.0 Å². The van der Waals surface area contributed by atoms with Crippen molar-refractivity contribution in [3.63, 3.8) is 0 Å². The molecule has 0 fully saturated rings. The van der Waals surface area contributed by atoms with Gasteiger partial charge in [0.05, 0.1) is 18.8 Å². The number of hydrogen-bond donors (Lipinski definition) is 1. The lowest BCUT2D eigenvalue weighted by molar-refractivity contribution is 0.145. The van der Waals surface area contributed by atoms with Crippen molar-refractivity contribution in [1.82, 2.24) is 14.8 Å². The summed E-state index contributed by atoms with van der Waals surface area (Å²) in [5, 5.41) is 16.6. The largest absolute Gasteiger partial charge is 0.391 e. The van der Waals surface area contributed by atoms with Crippen molar-refractivity contribution >= 4 is 22.4 Å². The number of fused-ring (bicyclic) bond motifs is 1. The standard InChI is InChI=1S/C16H16ClN3O/c1-2-15(21)10-20-9-14(8-19-20)11-3-4-12-7-18-16(17)6-13(12)5-11/h3-9,15,21H,2,10H2,1H3. The molecule has 0 amide bonds. The molecule has 3 rings (SSSR count). The number of aliphatic hydroxyl groups excluding tert-OH is 1. The van der Waals surface area contributed by atoms with E-state index in [-0.39, 0.29) is 6.10 Å². The van der Waals surface area contributed by atoms with Crippen LogP contribution in [-0.4, -0.2) is 26.0 Å². The van der Waals surface area contributed by atoms with Crippen molar-refractivity contribution < 1.29 is 5.11 Å². The molecule has 0 radical (unpaired) electrons. The van der Waals surface area contributed by atoms with Gasteiger partial charge in [-0.15, -0.1) is 0 Å². The average molecular weight is 302 g/mol. The summed E-state index contributed by atoms with van der Waals surface area (Å²) in [6.45, 7) is 2.47. The Kier molecular flexibility index (Phi) is 3.90. The lowest BCUT2D eigenvalue weighted by atomic mass is 10.1. The fraction of sp³-hybridized carbons (Fsp3) is 0.250. The van der Waals surface area contributed by atoms with E-state index >= 15 is 0 Å². The number of nitrogens with zero attached hydrogens (tertiary/aromatic N) is 3. The Morgan fingerprint density at radius 1 is 1.19 bits per heavy atom. The summed E-state index contributed by atoms with van der Waals surface area (Å²) in [5.74, 6) is 0. The van der Waals surface area contributed by atoms with Crippen LogP contribution in [0.3, 0.4) is 0 Å². The van der Waals surface area contributed by atoms with Crippen LogP contribution in [0.4, 0.5) is 0 Å². The number of halogens is 1. The second kappa shape index (κ2) is 5.84. The molecule has 108 valence electrons. The monoisotopic (exact) mass is 301 g/mol. The first kappa shape index (κ1) is 14.0. The maximum atomic E-state index is 9.68. The molecule has 0 saturated heterocycles. The van der Waals surface area contributed by atoms with Crippen molar-refractivity contribution in [3.8, 4) is 11.1 Å². The van der Waals surface area contributed by atoms with Gasteiger partial charge < -0.3 is 5.11 Å². The molecule has 2 heterocycles. The van der Waals surface area contributed by atoms with Gasteiger partial charge in [-0.3, -0.25) is 4.68 Å². The highest BCUT2D eigenvalue weighted by atomic mass is 35.5. The van der Waals surface area contributed by atoms with Crippen LogP contribution >= 0.6 is 11.6 Å². The molecule has 2 aromatic heterocycles. The van der Waals surface area contributed by atoms with Crippen LogP contribution in [-0.2, 0) is 6.54 Å². The lowest BCUT2D eigenvalue weighted by Gasteiger charge is -2.06. The highest BCUT2D eigenvalue weighted by Crippen LogP contribution is 2.25. The molecule has 0 spiro atoms. The van der Waals surface area contributed by atoms with Crippen molar-refractivity contribution in [3.05, 3.63) is 48.0 Å². The summed E-state index contributed by atoms with van der Waals surface area (Å²) in [4.78, 5) is 4.08. The van der Waals surface area contributed by atoms with Crippen molar-refractivity contribution in [2.75, 3.05) is 0 Å². The van der Waals surface area contributed by atoms with Crippen LogP contribution in [0, 0.1) is 0 Å². The van der Waals surface area contributed by atoms with E-state index in [2.05, 4.69) is 16.1 Å². The van der Waals surface area contributed by atoms with Gasteiger partial charge in [0.1, 0.15) is 5.15 Å². The third-order valence-electron chi connectivity index (χ3n) is 3.52. The number of hydrogen-bond acceptors (Lipinski definition) is 3. The van der Waals surface area contributed by atoms with Gasteiger partial charge in [0, 0.05) is 23.3 Å². The van der Waals surface area contributed by atoms with E-state index in [1.165, 1.54) is 0 Å². The Morgan fingerprint density at radius 3 is 2.86 bits per heavy atom. The summed E-state index contributed by atoms with van der Waals surface area (Å²) in [5.41, 5.74) is 2.09. The summed E-state index contributed by atoms with van der Waals surface area (Å²) in [6.07, 6.45) is 5.88. The van der Waals surface area contributed by atoms with Gasteiger partial charge in [-0.1, -0.05) is 30.7 Å². The first-order chi connectivity index (χ1) is 10.2. The predicted octanol–water partition coefficient (Wildman–Crippen LogP) is 3.52. The summed E-state index contributed by atoms with van der Waals surface area (Å²) in [6, 6.07) is 7.98. The molecule has 0 aliphatic rings. The highest BCUT2D eigenvalue weighted by Gasteiger charge is 2.06. The SMILES string of the molecule is CCC(O)Cn1cc(-c2ccc3cnc(Cl)cc3c2)cn1. The third-order valence-corrected chi connectivity index (χ3v) is 3.73. The maximum Gasteiger partial charge on any atom is 0.129 e. The molecule has 0 aliphatic carbocycles. The Labute approximate surface area is 128 Å². The zero-order valence-corrected chi connectivity index (χ0v) is 12.5. The molecule has 4 nitrogen and oxygen atoms in total. The summed E-state index contributed by atoms with van der Waals surface area (Å²) in [7, 11) is 0. The maximum absolute atomic E-state index is 9.68. The van der Waals surface area contributed by atoms with Gasteiger partial charge in [0.15, 0.2) is 0 Å². The van der Waals surface area contributed by atoms with E-state index in [1.807, 2.05) is 37.5 Å². The van der Waals surface area contributed by atoms with Gasteiger partial charge in [-0.05, 0) is 29.5 Å². The fourth-order valence-electron chi connectivity index (χ4n) is 2.25. The van der Waals surface area contributed by atoms with Gasteiger partial charge in [0.2, 0.25) is 0 Å². The molecule has 5 heteroatoms. The minimum Gasteiger partial charge on any atom is -0.391 e. The first-order valence-electron chi connectivity index (χ1n) is 6.92. The summed E-state index contributed by atoms with van der Waals surface area (Å²) < 4.78 is 1.77. The quantitative estimate of drug-likeness (QED) is 0.750. The number of aromatic nitrogens is 3. The smallest absolute Gasteiger partial charge is 0.129 e. The zero-order chi connectivity index (χ0) is 14.8. The van der Waals surface area contributed by atoms with E-state index in [9.17, 15) is 5.11 Å². The molecule has 1 unspecified atom stereocenters. The van der Waals surface area contributed by atoms with Gasteiger partial charge in [-0.2, -0.15) is 5.10 Å². The van der Waals surface area contributed by atoms with E-state index in [0.717, 1.165) is 28.3 Å². The van der Waals surface area contributed by atoms with Gasteiger partial charge in [0.25, 0.3) is 0 Å². The van der Waals surface area contributed by atoms with Crippen LogP contribution in [0.25, 0.3) is 21.9 Å². The topological polar surface area (TPSA) is 50.9 Å². The highest BCUT2D eigenvalue weighted by molar-refractivity contribution is 6.30. The summed E-state index contributed by atoms with van der Waals surface area (Å²) >= 11 is 5.94. The van der Waals surface area contributed by atoms with Crippen LogP contribution in [0.5, 0.6) is 0 Å². The Bertz CT molecular complexity index is 769. The van der Waals surface area contributed by atoms with Crippen LogP contribution in [0.2, 0.25) is 5.15 Å². The van der Waals surface area contributed by atoms with Crippen molar-refractivity contribution in [1.29, 1.82) is 0 Å². The minimum absolute atomic E-state index is 0.362. The second-order valence-electron chi connectivity index (χ2n) is 5.08. The normalized spacial score (nSPS) is 12.7. The Hall–Kier alpha value is -1.91. The number of rotatable bonds is 4. The van der Waals surface area contributed by atoms with E-state index in [4.69, 9.17) is 11.6 Å². The molecular formula is C16H16ClN3O. The molecule has 3 aromatic rings. The van der Waals surface area contributed by atoms with E-state index < -0.39 is 0 Å². The zero-order valence-electron chi connectivity index (χ0n) is 11.7. The minimum atomic E-state index is -0.362. The number of aliphatic hydroxyl groups is 1. The van der Waals surface area contributed by atoms with Gasteiger partial charge in [-0.25, -0.2) is 4.98 Å². The van der Waals surface area contributed by atoms with Crippen LogP contribution < -0.4 is 0 Å². The predicted molar refractivity (Wildman–Crippen MR) is 84.3 cm³/mol. The van der Waals surface area contributed by atoms with Crippen LogP contribution in [0.1, 0.15) is 13.3 Å². The molecule has 1 N–H and O–H groups in total. The second-order valence-corrected chi connectivity index (χ2v) is 5.47. The molecule has 0 aliphatic heterocycles. The fourth-order valence-corrected chi connectivity index (χ4v) is 2.42. The molecule has 21 heavy (non-hydrogen) atoms. The number of benzene rings is 1. The van der Waals surface area contributed by atoms with Gasteiger partial charge >= 0.3 is 0 Å². The molecule has 1 atom stereocenters. The van der Waals surface area contributed by atoms with Crippen molar-refractivity contribution in [2.24, 2.45) is 0 Å². The lowest BCUT2D eigenvalue weighted by Crippen LogP contribution is -2.14. The number of pyridine rings is 1. The first-order valence-corrected chi connectivity index (χ1v) is 7.29. The van der Waals surface area contributed by atoms with Crippen LogP contribution in [0.15, 0.2) is 42.9 Å². The Morgan fingerprint density at radius 2 is 2.05 bits per heavy atom. The molecule has 0 bridgehead atoms. The average Bonchev–Trinajstić information content (AvgIpc) is 2.94.